The van der Waals surface area contributed by atoms with Gasteiger partial charge >= 0.3 is 0 Å². The zero-order valence-corrected chi connectivity index (χ0v) is 16.1. The van der Waals surface area contributed by atoms with Crippen LogP contribution in [-0.4, -0.2) is 33.4 Å². The van der Waals surface area contributed by atoms with Crippen molar-refractivity contribution in [3.63, 3.8) is 0 Å². The minimum atomic E-state index is -0.170. The molecule has 2 aliphatic rings. The first-order valence-corrected chi connectivity index (χ1v) is 10.3. The number of fused-ring (bicyclic) bond motifs is 1. The summed E-state index contributed by atoms with van der Waals surface area (Å²) >= 11 is 0. The van der Waals surface area contributed by atoms with E-state index < -0.39 is 0 Å². The van der Waals surface area contributed by atoms with E-state index in [2.05, 4.69) is 15.6 Å². The van der Waals surface area contributed by atoms with Crippen molar-refractivity contribution in [1.82, 2.24) is 20.2 Å². The number of hydrogen-bond acceptors (Lipinski definition) is 3. The lowest BCUT2D eigenvalue weighted by Crippen LogP contribution is -2.35. The molecule has 1 saturated carbocycles. The van der Waals surface area contributed by atoms with Crippen LogP contribution in [0.4, 0.5) is 0 Å². The highest BCUT2D eigenvalue weighted by Gasteiger charge is 2.28. The van der Waals surface area contributed by atoms with Crippen LogP contribution in [0.1, 0.15) is 98.4 Å². The molecular formula is C20H32N4O2. The first-order valence-electron chi connectivity index (χ1n) is 10.3. The number of rotatable bonds is 5. The first-order chi connectivity index (χ1) is 12.6. The van der Waals surface area contributed by atoms with Crippen LogP contribution in [0.25, 0.3) is 0 Å². The van der Waals surface area contributed by atoms with Gasteiger partial charge in [-0.2, -0.15) is 0 Å². The van der Waals surface area contributed by atoms with Crippen molar-refractivity contribution in [2.24, 2.45) is 0 Å². The Hall–Kier alpha value is -1.85. The molecule has 2 heterocycles. The second kappa shape index (κ2) is 8.69. The van der Waals surface area contributed by atoms with Gasteiger partial charge in [0.1, 0.15) is 5.69 Å². The van der Waals surface area contributed by atoms with E-state index in [9.17, 15) is 9.59 Å². The van der Waals surface area contributed by atoms with Crippen molar-refractivity contribution in [3.8, 4) is 0 Å². The Bertz CT molecular complexity index is 644. The topological polar surface area (TPSA) is 76.0 Å². The van der Waals surface area contributed by atoms with Crippen molar-refractivity contribution >= 4 is 11.8 Å². The molecule has 1 fully saturated rings. The van der Waals surface area contributed by atoms with Crippen molar-refractivity contribution in [2.75, 3.05) is 0 Å². The molecule has 1 aliphatic carbocycles. The molecular weight excluding hydrogens is 328 g/mol. The SMILES string of the molecule is CCC(C)NC(=O)c1nc(C(=O)NC2CCCCCC2)c2n1CCCC2. The Morgan fingerprint density at radius 1 is 1.12 bits per heavy atom. The van der Waals surface area contributed by atoms with Crippen LogP contribution >= 0.6 is 0 Å². The van der Waals surface area contributed by atoms with E-state index in [1.807, 2.05) is 18.4 Å². The van der Waals surface area contributed by atoms with Gasteiger partial charge < -0.3 is 15.2 Å². The third-order valence-corrected chi connectivity index (χ3v) is 5.72. The van der Waals surface area contributed by atoms with Gasteiger partial charge in [-0.15, -0.1) is 0 Å². The fourth-order valence-electron chi connectivity index (χ4n) is 3.97. The summed E-state index contributed by atoms with van der Waals surface area (Å²) in [4.78, 5) is 30.0. The Kier molecular flexibility index (Phi) is 6.33. The number of carbonyl (C=O) groups is 2. The molecule has 6 heteroatoms. The number of aromatic nitrogens is 2. The first kappa shape index (κ1) is 18.9. The summed E-state index contributed by atoms with van der Waals surface area (Å²) in [6.45, 7) is 4.79. The number of imidazole rings is 1. The standard InChI is InChI=1S/C20H32N4O2/c1-3-14(2)21-20(26)18-23-17(16-12-8-9-13-24(16)18)19(25)22-15-10-6-4-5-7-11-15/h14-15H,3-13H2,1-2H3,(H,21,26)(H,22,25). The highest BCUT2D eigenvalue weighted by molar-refractivity contribution is 5.97. The van der Waals surface area contributed by atoms with Crippen LogP contribution in [0.2, 0.25) is 0 Å². The molecule has 1 aromatic rings. The number of hydrogen-bond donors (Lipinski definition) is 2. The van der Waals surface area contributed by atoms with Gasteiger partial charge in [-0.3, -0.25) is 9.59 Å². The highest BCUT2D eigenvalue weighted by Crippen LogP contribution is 2.23. The van der Waals surface area contributed by atoms with Crippen molar-refractivity contribution < 1.29 is 9.59 Å². The molecule has 0 bridgehead atoms. The molecule has 0 radical (unpaired) electrons. The van der Waals surface area contributed by atoms with Crippen molar-refractivity contribution in [2.45, 2.75) is 96.7 Å². The second-order valence-corrected chi connectivity index (χ2v) is 7.78. The maximum Gasteiger partial charge on any atom is 0.287 e. The van der Waals surface area contributed by atoms with Gasteiger partial charge in [-0.25, -0.2) is 4.98 Å². The summed E-state index contributed by atoms with van der Waals surface area (Å²) in [6, 6.07) is 0.339. The third kappa shape index (κ3) is 4.27. The van der Waals surface area contributed by atoms with E-state index in [-0.39, 0.29) is 23.9 Å². The molecule has 0 aromatic carbocycles. The summed E-state index contributed by atoms with van der Waals surface area (Å²) in [6.07, 6.45) is 10.7. The maximum absolute atomic E-state index is 12.9. The Morgan fingerprint density at radius 2 is 1.85 bits per heavy atom. The van der Waals surface area contributed by atoms with E-state index in [1.165, 1.54) is 25.7 Å². The number of nitrogens with zero attached hydrogens (tertiary/aromatic N) is 2. The lowest BCUT2D eigenvalue weighted by Gasteiger charge is -2.19. The van der Waals surface area contributed by atoms with Crippen LogP contribution in [0.5, 0.6) is 0 Å². The van der Waals surface area contributed by atoms with E-state index >= 15 is 0 Å². The molecule has 0 spiro atoms. The van der Waals surface area contributed by atoms with Gasteiger partial charge in [0.05, 0.1) is 5.69 Å². The maximum atomic E-state index is 12.9. The predicted octanol–water partition coefficient (Wildman–Crippen LogP) is 3.20. The van der Waals surface area contributed by atoms with Gasteiger partial charge in [0.15, 0.2) is 5.82 Å². The molecule has 0 saturated heterocycles. The van der Waals surface area contributed by atoms with Crippen molar-refractivity contribution in [1.29, 1.82) is 0 Å². The third-order valence-electron chi connectivity index (χ3n) is 5.72. The smallest absolute Gasteiger partial charge is 0.287 e. The predicted molar refractivity (Wildman–Crippen MR) is 101 cm³/mol. The van der Waals surface area contributed by atoms with Crippen LogP contribution in [0.15, 0.2) is 0 Å². The average molecular weight is 361 g/mol. The molecule has 2 amide bonds. The fraction of sp³-hybridized carbons (Fsp3) is 0.750. The van der Waals surface area contributed by atoms with Crippen LogP contribution in [-0.2, 0) is 13.0 Å². The lowest BCUT2D eigenvalue weighted by molar-refractivity contribution is 0.0922. The minimum absolute atomic E-state index is 0.0994. The molecule has 1 unspecified atom stereocenters. The Morgan fingerprint density at radius 3 is 2.54 bits per heavy atom. The van der Waals surface area contributed by atoms with Crippen molar-refractivity contribution in [3.05, 3.63) is 17.2 Å². The summed E-state index contributed by atoms with van der Waals surface area (Å²) in [5.74, 6) is 0.118. The van der Waals surface area contributed by atoms with Gasteiger partial charge in [-0.1, -0.05) is 32.6 Å². The van der Waals surface area contributed by atoms with Crippen LogP contribution < -0.4 is 10.6 Å². The summed E-state index contributed by atoms with van der Waals surface area (Å²) in [5, 5.41) is 6.17. The van der Waals surface area contributed by atoms with Crippen LogP contribution in [0.3, 0.4) is 0 Å². The Balaban J connectivity index is 1.80. The van der Waals surface area contributed by atoms with Gasteiger partial charge in [-0.05, 0) is 45.4 Å². The average Bonchev–Trinajstić information content (AvgIpc) is 2.85. The number of amides is 2. The zero-order chi connectivity index (χ0) is 18.5. The molecule has 3 rings (SSSR count). The van der Waals surface area contributed by atoms with Gasteiger partial charge in [0, 0.05) is 18.6 Å². The molecule has 26 heavy (non-hydrogen) atoms. The number of nitrogens with one attached hydrogen (secondary N) is 2. The monoisotopic (exact) mass is 360 g/mol. The Labute approximate surface area is 156 Å². The fourth-order valence-corrected chi connectivity index (χ4v) is 3.97. The zero-order valence-electron chi connectivity index (χ0n) is 16.1. The summed E-state index contributed by atoms with van der Waals surface area (Å²) in [5.41, 5.74) is 1.39. The molecule has 6 nitrogen and oxygen atoms in total. The lowest BCUT2D eigenvalue weighted by atomic mass is 10.1. The second-order valence-electron chi connectivity index (χ2n) is 7.78. The van der Waals surface area contributed by atoms with E-state index in [1.54, 1.807) is 0 Å². The number of carbonyl (C=O) groups excluding carboxylic acids is 2. The summed E-state index contributed by atoms with van der Waals surface area (Å²) in [7, 11) is 0. The summed E-state index contributed by atoms with van der Waals surface area (Å²) < 4.78 is 1.96. The van der Waals surface area contributed by atoms with Gasteiger partial charge in [0.25, 0.3) is 11.8 Å². The quantitative estimate of drug-likeness (QED) is 0.792. The molecule has 144 valence electrons. The molecule has 1 atom stereocenters. The minimum Gasteiger partial charge on any atom is -0.348 e. The normalized spacial score (nSPS) is 19.3. The molecule has 1 aromatic heterocycles. The molecule has 2 N–H and O–H groups in total. The largest absolute Gasteiger partial charge is 0.348 e. The highest BCUT2D eigenvalue weighted by atomic mass is 16.2. The van der Waals surface area contributed by atoms with E-state index in [4.69, 9.17) is 0 Å². The molecule has 1 aliphatic heterocycles. The van der Waals surface area contributed by atoms with E-state index in [0.717, 1.165) is 50.8 Å². The van der Waals surface area contributed by atoms with Crippen LogP contribution in [0, 0.1) is 0 Å². The van der Waals surface area contributed by atoms with Gasteiger partial charge in [0.2, 0.25) is 0 Å². The van der Waals surface area contributed by atoms with E-state index in [0.29, 0.717) is 11.5 Å².